The molecule has 0 spiro atoms. The molecular formula is C19H20N4O2. The third-order valence-corrected chi connectivity index (χ3v) is 4.94. The van der Waals surface area contributed by atoms with Gasteiger partial charge < -0.3 is 9.72 Å². The van der Waals surface area contributed by atoms with Gasteiger partial charge in [-0.2, -0.15) is 5.10 Å². The summed E-state index contributed by atoms with van der Waals surface area (Å²) in [6.07, 6.45) is 6.32. The molecule has 4 rings (SSSR count). The van der Waals surface area contributed by atoms with E-state index < -0.39 is 6.04 Å². The molecule has 1 aliphatic carbocycles. The highest BCUT2D eigenvalue weighted by Gasteiger charge is 2.25. The number of hydrogen-bond acceptors (Lipinski definition) is 3. The molecule has 3 aromatic rings. The van der Waals surface area contributed by atoms with Crippen molar-refractivity contribution in [2.45, 2.75) is 38.3 Å². The number of aromatic nitrogens is 3. The van der Waals surface area contributed by atoms with Crippen LogP contribution in [-0.4, -0.2) is 20.1 Å². The molecule has 128 valence electrons. The van der Waals surface area contributed by atoms with Gasteiger partial charge in [-0.1, -0.05) is 24.3 Å². The fourth-order valence-corrected chi connectivity index (χ4v) is 3.54. The summed E-state index contributed by atoms with van der Waals surface area (Å²) in [5, 5.41) is 7.24. The summed E-state index contributed by atoms with van der Waals surface area (Å²) in [6, 6.07) is 11.1. The van der Waals surface area contributed by atoms with Crippen LogP contribution in [0.25, 0.3) is 5.52 Å². The topological polar surface area (TPSA) is 68.4 Å². The first-order valence-corrected chi connectivity index (χ1v) is 8.58. The largest absolute Gasteiger partial charge is 0.347 e. The van der Waals surface area contributed by atoms with E-state index in [0.717, 1.165) is 19.3 Å². The maximum atomic E-state index is 12.7. The molecule has 1 amide bonds. The second kappa shape index (κ2) is 6.20. The van der Waals surface area contributed by atoms with Gasteiger partial charge in [0.05, 0.1) is 6.04 Å². The summed E-state index contributed by atoms with van der Waals surface area (Å²) >= 11 is 0. The number of carbonyl (C=O) groups is 1. The highest BCUT2D eigenvalue weighted by molar-refractivity contribution is 5.80. The van der Waals surface area contributed by atoms with Crippen LogP contribution in [-0.2, 0) is 11.2 Å². The number of rotatable bonds is 3. The lowest BCUT2D eigenvalue weighted by Gasteiger charge is -2.27. The van der Waals surface area contributed by atoms with Crippen molar-refractivity contribution in [1.82, 2.24) is 19.5 Å². The van der Waals surface area contributed by atoms with E-state index >= 15 is 0 Å². The quantitative estimate of drug-likeness (QED) is 0.798. The van der Waals surface area contributed by atoms with Gasteiger partial charge in [0.25, 0.3) is 5.56 Å². The van der Waals surface area contributed by atoms with Gasteiger partial charge in [0.15, 0.2) is 0 Å². The Balaban J connectivity index is 1.59. The van der Waals surface area contributed by atoms with Crippen LogP contribution >= 0.6 is 0 Å². The number of aryl methyl sites for hydroxylation is 1. The molecule has 0 radical (unpaired) electrons. The molecule has 2 atom stereocenters. The maximum absolute atomic E-state index is 12.7. The highest BCUT2D eigenvalue weighted by atomic mass is 16.2. The van der Waals surface area contributed by atoms with Crippen LogP contribution in [0.3, 0.4) is 0 Å². The van der Waals surface area contributed by atoms with Crippen LogP contribution in [0.4, 0.5) is 0 Å². The molecule has 2 heterocycles. The minimum absolute atomic E-state index is 0.00682. The van der Waals surface area contributed by atoms with E-state index in [1.165, 1.54) is 15.8 Å². The van der Waals surface area contributed by atoms with Gasteiger partial charge in [-0.15, -0.1) is 0 Å². The van der Waals surface area contributed by atoms with Gasteiger partial charge in [0.2, 0.25) is 5.91 Å². The summed E-state index contributed by atoms with van der Waals surface area (Å²) in [5.41, 5.74) is 2.71. The van der Waals surface area contributed by atoms with Crippen molar-refractivity contribution in [3.63, 3.8) is 0 Å². The second-order valence-electron chi connectivity index (χ2n) is 6.51. The SMILES string of the molecule is C[C@@H](C(=O)N[C@H]1CCCc2ccccc21)n1ncn2cccc2c1=O. The van der Waals surface area contributed by atoms with Gasteiger partial charge >= 0.3 is 0 Å². The van der Waals surface area contributed by atoms with Gasteiger partial charge in [0.1, 0.15) is 17.9 Å². The summed E-state index contributed by atoms with van der Waals surface area (Å²) in [5.74, 6) is -0.188. The Kier molecular flexibility index (Phi) is 3.87. The van der Waals surface area contributed by atoms with Crippen LogP contribution in [0, 0.1) is 0 Å². The predicted octanol–water partition coefficient (Wildman–Crippen LogP) is 2.25. The standard InChI is InChI=1S/C19H20N4O2/c1-13(23-19(25)17-10-5-11-22(17)12-20-23)18(24)21-16-9-4-7-14-6-2-3-8-15(14)16/h2-3,5-6,8,10-13,16H,4,7,9H2,1H3,(H,21,24)/t13-,16-/m0/s1. The monoisotopic (exact) mass is 336 g/mol. The van der Waals surface area contributed by atoms with Crippen molar-refractivity contribution >= 4 is 11.4 Å². The number of fused-ring (bicyclic) bond motifs is 2. The average Bonchev–Trinajstić information content (AvgIpc) is 3.11. The summed E-state index contributed by atoms with van der Waals surface area (Å²) in [6.45, 7) is 1.71. The molecule has 0 saturated heterocycles. The van der Waals surface area contributed by atoms with Crippen molar-refractivity contribution < 1.29 is 4.79 Å². The molecule has 1 aromatic carbocycles. The molecule has 25 heavy (non-hydrogen) atoms. The third kappa shape index (κ3) is 2.73. The molecule has 0 aliphatic heterocycles. The van der Waals surface area contributed by atoms with E-state index in [1.807, 2.05) is 12.1 Å². The van der Waals surface area contributed by atoms with Crippen molar-refractivity contribution in [3.05, 3.63) is 70.4 Å². The zero-order valence-corrected chi connectivity index (χ0v) is 14.1. The van der Waals surface area contributed by atoms with Gasteiger partial charge in [-0.3, -0.25) is 9.59 Å². The molecule has 2 aromatic heterocycles. The molecule has 1 N–H and O–H groups in total. The van der Waals surface area contributed by atoms with Crippen molar-refractivity contribution in [2.75, 3.05) is 0 Å². The Labute approximate surface area is 145 Å². The van der Waals surface area contributed by atoms with E-state index in [4.69, 9.17) is 0 Å². The minimum atomic E-state index is -0.665. The number of carbonyl (C=O) groups excluding carboxylic acids is 1. The lowest BCUT2D eigenvalue weighted by atomic mass is 9.87. The van der Waals surface area contributed by atoms with Gasteiger partial charge in [-0.05, 0) is 49.4 Å². The van der Waals surface area contributed by atoms with Crippen molar-refractivity contribution in [2.24, 2.45) is 0 Å². The molecule has 0 fully saturated rings. The first-order valence-electron chi connectivity index (χ1n) is 8.58. The number of amides is 1. The van der Waals surface area contributed by atoms with E-state index in [1.54, 1.807) is 36.0 Å². The molecule has 1 aliphatic rings. The van der Waals surface area contributed by atoms with Crippen LogP contribution in [0.2, 0.25) is 0 Å². The number of benzene rings is 1. The molecule has 0 bridgehead atoms. The Hall–Kier alpha value is -2.89. The van der Waals surface area contributed by atoms with E-state index in [-0.39, 0.29) is 17.5 Å². The molecule has 6 heteroatoms. The number of nitrogens with one attached hydrogen (secondary N) is 1. The van der Waals surface area contributed by atoms with Crippen LogP contribution in [0.15, 0.2) is 53.7 Å². The lowest BCUT2D eigenvalue weighted by molar-refractivity contribution is -0.125. The first kappa shape index (κ1) is 15.6. The fourth-order valence-electron chi connectivity index (χ4n) is 3.54. The van der Waals surface area contributed by atoms with E-state index in [2.05, 4.69) is 22.5 Å². The summed E-state index contributed by atoms with van der Waals surface area (Å²) in [7, 11) is 0. The average molecular weight is 336 g/mol. The van der Waals surface area contributed by atoms with E-state index in [0.29, 0.717) is 5.52 Å². The minimum Gasteiger partial charge on any atom is -0.347 e. The predicted molar refractivity (Wildman–Crippen MR) is 94.4 cm³/mol. The fraction of sp³-hybridized carbons (Fsp3) is 0.316. The van der Waals surface area contributed by atoms with Crippen LogP contribution in [0.5, 0.6) is 0 Å². The number of hydrogen-bond donors (Lipinski definition) is 1. The molecule has 0 unspecified atom stereocenters. The van der Waals surface area contributed by atoms with Gasteiger partial charge in [0, 0.05) is 6.20 Å². The second-order valence-corrected chi connectivity index (χ2v) is 6.51. The third-order valence-electron chi connectivity index (χ3n) is 4.94. The van der Waals surface area contributed by atoms with Gasteiger partial charge in [-0.25, -0.2) is 4.68 Å². The van der Waals surface area contributed by atoms with E-state index in [9.17, 15) is 9.59 Å². The molecule has 0 saturated carbocycles. The Morgan fingerprint density at radius 3 is 3.00 bits per heavy atom. The van der Waals surface area contributed by atoms with Crippen molar-refractivity contribution in [1.29, 1.82) is 0 Å². The summed E-state index contributed by atoms with van der Waals surface area (Å²) in [4.78, 5) is 25.3. The highest BCUT2D eigenvalue weighted by Crippen LogP contribution is 2.29. The van der Waals surface area contributed by atoms with Crippen LogP contribution < -0.4 is 10.9 Å². The zero-order valence-electron chi connectivity index (χ0n) is 14.1. The maximum Gasteiger partial charge on any atom is 0.291 e. The zero-order chi connectivity index (χ0) is 17.4. The first-order chi connectivity index (χ1) is 12.1. The normalized spacial score (nSPS) is 17.9. The van der Waals surface area contributed by atoms with Crippen molar-refractivity contribution in [3.8, 4) is 0 Å². The number of nitrogens with zero attached hydrogens (tertiary/aromatic N) is 3. The summed E-state index contributed by atoms with van der Waals surface area (Å²) < 4.78 is 2.90. The lowest BCUT2D eigenvalue weighted by Crippen LogP contribution is -2.39. The Morgan fingerprint density at radius 1 is 1.28 bits per heavy atom. The smallest absolute Gasteiger partial charge is 0.291 e. The Bertz CT molecular complexity index is 988. The molecule has 6 nitrogen and oxygen atoms in total. The molecular weight excluding hydrogens is 316 g/mol. The van der Waals surface area contributed by atoms with Crippen LogP contribution in [0.1, 0.15) is 43.0 Å². The Morgan fingerprint density at radius 2 is 2.12 bits per heavy atom.